The Morgan fingerprint density at radius 2 is 1.62 bits per heavy atom. The molecular weight excluding hydrogens is 395 g/mol. The van der Waals surface area contributed by atoms with Gasteiger partial charge < -0.3 is 10.2 Å². The van der Waals surface area contributed by atoms with Crippen LogP contribution in [-0.2, 0) is 21.4 Å². The maximum atomic E-state index is 13.0. The van der Waals surface area contributed by atoms with Gasteiger partial charge in [-0.3, -0.25) is 9.69 Å². The van der Waals surface area contributed by atoms with Gasteiger partial charge in [-0.15, -0.1) is 0 Å². The van der Waals surface area contributed by atoms with Crippen LogP contribution in [0.15, 0.2) is 47.4 Å². The highest BCUT2D eigenvalue weighted by Gasteiger charge is 2.20. The number of amides is 1. The molecule has 0 aliphatic heterocycles. The Bertz CT molecular complexity index is 960. The molecule has 0 saturated heterocycles. The van der Waals surface area contributed by atoms with Gasteiger partial charge in [0, 0.05) is 34.7 Å². The van der Waals surface area contributed by atoms with Gasteiger partial charge in [0.05, 0.1) is 22.8 Å². The second-order valence-corrected chi connectivity index (χ2v) is 9.36. The zero-order valence-electron chi connectivity index (χ0n) is 17.3. The first-order valence-electron chi connectivity index (χ1n) is 8.97. The highest BCUT2D eigenvalue weighted by atomic mass is 32.2. The van der Waals surface area contributed by atoms with Crippen LogP contribution in [0.25, 0.3) is 0 Å². The predicted molar refractivity (Wildman–Crippen MR) is 113 cm³/mol. The first-order valence-corrected chi connectivity index (χ1v) is 10.4. The molecule has 0 aromatic heterocycles. The fourth-order valence-electron chi connectivity index (χ4n) is 2.77. The topological polar surface area (TPSA) is 73.0 Å². The standard InChI is InChI=1S/C20H27FN4O3S/c1-23(2)19-11-10-17(29(27,28)24(3)4)12-18(19)22-20(26)14-25(5)13-15-6-8-16(21)9-7-15/h6-12H,13-14H2,1-5H3,(H,22,26). The molecule has 7 nitrogen and oxygen atoms in total. The van der Waals surface area contributed by atoms with Crippen LogP contribution >= 0.6 is 0 Å². The quantitative estimate of drug-likeness (QED) is 0.706. The predicted octanol–water partition coefficient (Wildman–Crippen LogP) is 2.21. The first kappa shape index (κ1) is 22.8. The second-order valence-electron chi connectivity index (χ2n) is 7.21. The van der Waals surface area contributed by atoms with Crippen molar-refractivity contribution in [2.45, 2.75) is 11.4 Å². The van der Waals surface area contributed by atoms with E-state index in [-0.39, 0.29) is 23.2 Å². The zero-order chi connectivity index (χ0) is 21.8. The molecule has 2 aromatic carbocycles. The summed E-state index contributed by atoms with van der Waals surface area (Å²) in [6.07, 6.45) is 0. The lowest BCUT2D eigenvalue weighted by atomic mass is 10.2. The summed E-state index contributed by atoms with van der Waals surface area (Å²) in [5, 5.41) is 2.80. The molecule has 158 valence electrons. The minimum Gasteiger partial charge on any atom is -0.376 e. The Morgan fingerprint density at radius 3 is 2.17 bits per heavy atom. The van der Waals surface area contributed by atoms with Crippen LogP contribution in [0.3, 0.4) is 0 Å². The molecule has 1 N–H and O–H groups in total. The summed E-state index contributed by atoms with van der Waals surface area (Å²) < 4.78 is 39.0. The van der Waals surface area contributed by atoms with Gasteiger partial charge in [0.2, 0.25) is 15.9 Å². The number of nitrogens with one attached hydrogen (secondary N) is 1. The maximum absolute atomic E-state index is 13.0. The van der Waals surface area contributed by atoms with Crippen molar-refractivity contribution in [1.29, 1.82) is 0 Å². The van der Waals surface area contributed by atoms with E-state index in [4.69, 9.17) is 0 Å². The third kappa shape index (κ3) is 5.99. The molecule has 0 heterocycles. The van der Waals surface area contributed by atoms with Crippen molar-refractivity contribution >= 4 is 27.3 Å². The van der Waals surface area contributed by atoms with Gasteiger partial charge in [0.25, 0.3) is 0 Å². The van der Waals surface area contributed by atoms with Gasteiger partial charge in [0.15, 0.2) is 0 Å². The van der Waals surface area contributed by atoms with E-state index < -0.39 is 10.0 Å². The molecule has 0 spiro atoms. The second kappa shape index (κ2) is 9.34. The number of nitrogens with zero attached hydrogens (tertiary/aromatic N) is 3. The summed E-state index contributed by atoms with van der Waals surface area (Å²) in [7, 11) is 4.69. The third-order valence-electron chi connectivity index (χ3n) is 4.28. The number of benzene rings is 2. The Balaban J connectivity index is 2.16. The molecule has 9 heteroatoms. The van der Waals surface area contributed by atoms with Crippen molar-refractivity contribution < 1.29 is 17.6 Å². The Kier molecular flexibility index (Phi) is 7.34. The summed E-state index contributed by atoms with van der Waals surface area (Å²) in [4.78, 5) is 16.2. The third-order valence-corrected chi connectivity index (χ3v) is 6.09. The summed E-state index contributed by atoms with van der Waals surface area (Å²) in [6.45, 7) is 0.568. The molecular formula is C20H27FN4O3S. The monoisotopic (exact) mass is 422 g/mol. The number of carbonyl (C=O) groups is 1. The van der Waals surface area contributed by atoms with Crippen LogP contribution in [0.2, 0.25) is 0 Å². The van der Waals surface area contributed by atoms with E-state index in [1.165, 1.54) is 38.4 Å². The molecule has 0 radical (unpaired) electrons. The Morgan fingerprint density at radius 1 is 1.00 bits per heavy atom. The molecule has 0 fully saturated rings. The highest BCUT2D eigenvalue weighted by Crippen LogP contribution is 2.28. The molecule has 0 atom stereocenters. The number of hydrogen-bond donors (Lipinski definition) is 1. The number of halogens is 1. The van der Waals surface area contributed by atoms with E-state index in [0.717, 1.165) is 9.87 Å². The summed E-state index contributed by atoms with van der Waals surface area (Å²) in [5.41, 5.74) is 1.99. The normalized spacial score (nSPS) is 11.7. The minimum absolute atomic E-state index is 0.0922. The minimum atomic E-state index is -3.62. The SMILES string of the molecule is CN(CC(=O)Nc1cc(S(=O)(=O)N(C)C)ccc1N(C)C)Cc1ccc(F)cc1. The highest BCUT2D eigenvalue weighted by molar-refractivity contribution is 7.89. The Labute approximate surface area is 171 Å². The molecule has 1 amide bonds. The van der Waals surface area contributed by atoms with E-state index in [9.17, 15) is 17.6 Å². The smallest absolute Gasteiger partial charge is 0.242 e. The van der Waals surface area contributed by atoms with Crippen molar-refractivity contribution in [3.05, 3.63) is 53.8 Å². The summed E-state index contributed by atoms with van der Waals surface area (Å²) >= 11 is 0. The van der Waals surface area contributed by atoms with Gasteiger partial charge in [-0.2, -0.15) is 0 Å². The number of rotatable bonds is 8. The molecule has 2 rings (SSSR count). The van der Waals surface area contributed by atoms with Gasteiger partial charge >= 0.3 is 0 Å². The lowest BCUT2D eigenvalue weighted by Gasteiger charge is -2.21. The van der Waals surface area contributed by atoms with Crippen LogP contribution in [0, 0.1) is 5.82 Å². The van der Waals surface area contributed by atoms with E-state index in [2.05, 4.69) is 5.32 Å². The number of sulfonamides is 1. The molecule has 0 aliphatic rings. The van der Waals surface area contributed by atoms with Crippen LogP contribution in [0.5, 0.6) is 0 Å². The largest absolute Gasteiger partial charge is 0.376 e. The zero-order valence-corrected chi connectivity index (χ0v) is 18.1. The lowest BCUT2D eigenvalue weighted by Crippen LogP contribution is -2.30. The molecule has 0 saturated carbocycles. The fourth-order valence-corrected chi connectivity index (χ4v) is 3.70. The number of carbonyl (C=O) groups excluding carboxylic acids is 1. The van der Waals surface area contributed by atoms with E-state index in [0.29, 0.717) is 17.9 Å². The van der Waals surface area contributed by atoms with Crippen molar-refractivity contribution in [2.75, 3.05) is 52.0 Å². The van der Waals surface area contributed by atoms with Gasteiger partial charge in [-0.05, 0) is 42.9 Å². The van der Waals surface area contributed by atoms with E-state index in [1.807, 2.05) is 14.1 Å². The number of likely N-dealkylation sites (N-methyl/N-ethyl adjacent to an activating group) is 1. The number of anilines is 2. The van der Waals surface area contributed by atoms with Crippen molar-refractivity contribution in [2.24, 2.45) is 0 Å². The molecule has 0 aliphatic carbocycles. The molecule has 2 aromatic rings. The van der Waals surface area contributed by atoms with Gasteiger partial charge in [-0.1, -0.05) is 12.1 Å². The lowest BCUT2D eigenvalue weighted by molar-refractivity contribution is -0.117. The summed E-state index contributed by atoms with van der Waals surface area (Å²) in [5.74, 6) is -0.588. The van der Waals surface area contributed by atoms with E-state index in [1.54, 1.807) is 35.0 Å². The molecule has 29 heavy (non-hydrogen) atoms. The Hall–Kier alpha value is -2.49. The van der Waals surface area contributed by atoms with E-state index >= 15 is 0 Å². The maximum Gasteiger partial charge on any atom is 0.242 e. The van der Waals surface area contributed by atoms with Crippen LogP contribution in [0.4, 0.5) is 15.8 Å². The molecule has 0 bridgehead atoms. The fraction of sp³-hybridized carbons (Fsp3) is 0.350. The first-order chi connectivity index (χ1) is 13.5. The van der Waals surface area contributed by atoms with Gasteiger partial charge in [-0.25, -0.2) is 17.1 Å². The molecule has 0 unspecified atom stereocenters. The van der Waals surface area contributed by atoms with Crippen LogP contribution in [-0.4, -0.2) is 65.3 Å². The van der Waals surface area contributed by atoms with Crippen molar-refractivity contribution in [3.8, 4) is 0 Å². The number of hydrogen-bond acceptors (Lipinski definition) is 5. The summed E-state index contributed by atoms with van der Waals surface area (Å²) in [6, 6.07) is 10.7. The van der Waals surface area contributed by atoms with Crippen LogP contribution in [0.1, 0.15) is 5.56 Å². The van der Waals surface area contributed by atoms with Crippen molar-refractivity contribution in [3.63, 3.8) is 0 Å². The average Bonchev–Trinajstić information content (AvgIpc) is 2.63. The van der Waals surface area contributed by atoms with Gasteiger partial charge in [0.1, 0.15) is 5.82 Å². The van der Waals surface area contributed by atoms with Crippen molar-refractivity contribution in [1.82, 2.24) is 9.21 Å². The van der Waals surface area contributed by atoms with Crippen LogP contribution < -0.4 is 10.2 Å². The average molecular weight is 423 g/mol.